The summed E-state index contributed by atoms with van der Waals surface area (Å²) < 4.78 is 13.6. The van der Waals surface area contributed by atoms with Gasteiger partial charge in [-0.1, -0.05) is 12.1 Å². The van der Waals surface area contributed by atoms with Crippen molar-refractivity contribution in [3.05, 3.63) is 41.1 Å². The van der Waals surface area contributed by atoms with Crippen LogP contribution in [0.5, 0.6) is 11.6 Å². The Bertz CT molecular complexity index is 752. The number of nitrogen functional groups attached to an aromatic ring is 1. The average Bonchev–Trinajstić information content (AvgIpc) is 3.14. The van der Waals surface area contributed by atoms with Crippen molar-refractivity contribution in [1.29, 1.82) is 5.26 Å². The molecule has 1 fully saturated rings. The normalized spacial score (nSPS) is 17.2. The number of hydrogen-bond acceptors (Lipinski definition) is 4. The molecule has 23 heavy (non-hydrogen) atoms. The predicted octanol–water partition coefficient (Wildman–Crippen LogP) is 3.53. The van der Waals surface area contributed by atoms with Crippen molar-refractivity contribution >= 4 is 5.69 Å². The Morgan fingerprint density at radius 2 is 2.22 bits per heavy atom. The quantitative estimate of drug-likeness (QED) is 0.937. The third kappa shape index (κ3) is 3.17. The lowest BCUT2D eigenvalue weighted by molar-refractivity contribution is 0.0952. The van der Waals surface area contributed by atoms with Gasteiger partial charge in [-0.05, 0) is 43.9 Å². The number of nitrogens with zero attached hydrogens (tertiary/aromatic N) is 2. The maximum absolute atomic E-state index is 9.37. The largest absolute Gasteiger partial charge is 0.438 e. The lowest BCUT2D eigenvalue weighted by Gasteiger charge is -2.17. The van der Waals surface area contributed by atoms with Gasteiger partial charge >= 0.3 is 0 Å². The number of benzene rings is 1. The van der Waals surface area contributed by atoms with E-state index in [2.05, 4.69) is 6.07 Å². The van der Waals surface area contributed by atoms with Gasteiger partial charge in [-0.3, -0.25) is 4.57 Å². The minimum absolute atomic E-state index is 0.106. The van der Waals surface area contributed by atoms with E-state index in [1.54, 1.807) is 6.07 Å². The van der Waals surface area contributed by atoms with E-state index in [1.807, 2.05) is 36.6 Å². The smallest absolute Gasteiger partial charge is 0.224 e. The number of ether oxygens (including phenoxy) is 2. The van der Waals surface area contributed by atoms with Crippen molar-refractivity contribution in [2.24, 2.45) is 0 Å². The maximum Gasteiger partial charge on any atom is 0.224 e. The molecule has 2 aromatic rings. The topological polar surface area (TPSA) is 73.2 Å². The highest BCUT2D eigenvalue weighted by molar-refractivity contribution is 5.57. The van der Waals surface area contributed by atoms with Gasteiger partial charge in [0.05, 0.1) is 18.3 Å². The van der Waals surface area contributed by atoms with Crippen molar-refractivity contribution in [1.82, 2.24) is 4.57 Å². The van der Waals surface area contributed by atoms with E-state index < -0.39 is 0 Å². The second-order valence-electron chi connectivity index (χ2n) is 6.02. The monoisotopic (exact) mass is 311 g/mol. The molecule has 0 spiro atoms. The molecule has 0 bridgehead atoms. The lowest BCUT2D eigenvalue weighted by Crippen LogP contribution is -2.16. The molecule has 1 aromatic heterocycles. The summed E-state index contributed by atoms with van der Waals surface area (Å²) in [5.41, 5.74) is 9.20. The number of aryl methyl sites for hydroxylation is 2. The zero-order valence-corrected chi connectivity index (χ0v) is 13.5. The molecule has 0 unspecified atom stereocenters. The Balaban J connectivity index is 1.95. The molecule has 1 aliphatic rings. The molecule has 120 valence electrons. The first-order valence-electron chi connectivity index (χ1n) is 7.84. The van der Waals surface area contributed by atoms with Gasteiger partial charge < -0.3 is 15.2 Å². The fourth-order valence-electron chi connectivity index (χ4n) is 2.85. The van der Waals surface area contributed by atoms with Crippen LogP contribution in [0.1, 0.15) is 29.7 Å². The zero-order chi connectivity index (χ0) is 16.4. The fourth-order valence-corrected chi connectivity index (χ4v) is 2.85. The molecule has 0 aliphatic carbocycles. The summed E-state index contributed by atoms with van der Waals surface area (Å²) in [4.78, 5) is 0. The first-order chi connectivity index (χ1) is 11.1. The van der Waals surface area contributed by atoms with Crippen LogP contribution in [0, 0.1) is 25.2 Å². The molecule has 5 nitrogen and oxygen atoms in total. The van der Waals surface area contributed by atoms with Gasteiger partial charge in [0, 0.05) is 12.7 Å². The predicted molar refractivity (Wildman–Crippen MR) is 88.5 cm³/mol. The van der Waals surface area contributed by atoms with E-state index >= 15 is 0 Å². The summed E-state index contributed by atoms with van der Waals surface area (Å²) in [6, 6.07) is 9.88. The lowest BCUT2D eigenvalue weighted by atomic mass is 10.1. The molecule has 1 saturated heterocycles. The summed E-state index contributed by atoms with van der Waals surface area (Å²) in [7, 11) is 0. The first-order valence-corrected chi connectivity index (χ1v) is 7.84. The van der Waals surface area contributed by atoms with Crippen LogP contribution >= 0.6 is 0 Å². The molecule has 1 atom stereocenters. The van der Waals surface area contributed by atoms with Crippen molar-refractivity contribution in [2.75, 3.05) is 12.3 Å². The molecule has 0 radical (unpaired) electrons. The van der Waals surface area contributed by atoms with Crippen LogP contribution in [0.25, 0.3) is 0 Å². The van der Waals surface area contributed by atoms with Crippen LogP contribution in [0.3, 0.4) is 0 Å². The number of anilines is 1. The highest BCUT2D eigenvalue weighted by Crippen LogP contribution is 2.34. The standard InChI is InChI=1S/C18H21N3O2/c1-12-5-6-13(2)17(8-12)23-18-16(20)9-14(10-19)21(18)11-15-4-3-7-22-15/h5-6,8-9,15H,3-4,7,11,20H2,1-2H3/t15-/m1/s1. The Kier molecular flexibility index (Phi) is 4.26. The van der Waals surface area contributed by atoms with Crippen molar-refractivity contribution in [3.8, 4) is 17.7 Å². The fraction of sp³-hybridized carbons (Fsp3) is 0.389. The zero-order valence-electron chi connectivity index (χ0n) is 13.5. The average molecular weight is 311 g/mol. The van der Waals surface area contributed by atoms with Crippen LogP contribution in [0.2, 0.25) is 0 Å². The summed E-state index contributed by atoms with van der Waals surface area (Å²) in [6.07, 6.45) is 2.15. The van der Waals surface area contributed by atoms with E-state index in [-0.39, 0.29) is 6.10 Å². The van der Waals surface area contributed by atoms with Crippen LogP contribution in [-0.4, -0.2) is 17.3 Å². The molecular weight excluding hydrogens is 290 g/mol. The Morgan fingerprint density at radius 1 is 1.39 bits per heavy atom. The second-order valence-corrected chi connectivity index (χ2v) is 6.02. The number of rotatable bonds is 4. The summed E-state index contributed by atoms with van der Waals surface area (Å²) in [5.74, 6) is 1.28. The summed E-state index contributed by atoms with van der Waals surface area (Å²) in [5, 5.41) is 9.37. The number of hydrogen-bond donors (Lipinski definition) is 1. The molecule has 3 rings (SSSR count). The van der Waals surface area contributed by atoms with Gasteiger partial charge in [-0.15, -0.1) is 0 Å². The molecule has 1 aromatic carbocycles. The van der Waals surface area contributed by atoms with Gasteiger partial charge in [0.1, 0.15) is 17.5 Å². The van der Waals surface area contributed by atoms with E-state index in [1.165, 1.54) is 0 Å². The maximum atomic E-state index is 9.37. The van der Waals surface area contributed by atoms with Crippen molar-refractivity contribution < 1.29 is 9.47 Å². The van der Waals surface area contributed by atoms with Crippen molar-refractivity contribution in [3.63, 3.8) is 0 Å². The van der Waals surface area contributed by atoms with Crippen LogP contribution in [0.15, 0.2) is 24.3 Å². The second kappa shape index (κ2) is 6.35. The minimum atomic E-state index is 0.106. The summed E-state index contributed by atoms with van der Waals surface area (Å²) >= 11 is 0. The molecule has 1 aliphatic heterocycles. The molecular formula is C18H21N3O2. The third-order valence-corrected chi connectivity index (χ3v) is 4.15. The minimum Gasteiger partial charge on any atom is -0.438 e. The molecule has 5 heteroatoms. The molecule has 0 saturated carbocycles. The van der Waals surface area contributed by atoms with Crippen molar-refractivity contribution in [2.45, 2.75) is 39.3 Å². The Hall–Kier alpha value is -2.45. The Morgan fingerprint density at radius 3 is 2.91 bits per heavy atom. The van der Waals surface area contributed by atoms with Gasteiger partial charge in [-0.25, -0.2) is 0 Å². The first kappa shape index (κ1) is 15.4. The highest BCUT2D eigenvalue weighted by atomic mass is 16.5. The van der Waals surface area contributed by atoms with Crippen LogP contribution in [-0.2, 0) is 11.3 Å². The molecule has 2 heterocycles. The number of nitriles is 1. The molecule has 2 N–H and O–H groups in total. The SMILES string of the molecule is Cc1ccc(C)c(Oc2c(N)cc(C#N)n2C[C@H]2CCCO2)c1. The number of aromatic nitrogens is 1. The molecule has 0 amide bonds. The van der Waals surface area contributed by atoms with Gasteiger partial charge in [-0.2, -0.15) is 5.26 Å². The van der Waals surface area contributed by atoms with Crippen LogP contribution in [0.4, 0.5) is 5.69 Å². The third-order valence-electron chi connectivity index (χ3n) is 4.15. The van der Waals surface area contributed by atoms with Gasteiger partial charge in [0.25, 0.3) is 0 Å². The van der Waals surface area contributed by atoms with Gasteiger partial charge in [0.2, 0.25) is 5.88 Å². The highest BCUT2D eigenvalue weighted by Gasteiger charge is 2.22. The Labute approximate surface area is 136 Å². The van der Waals surface area contributed by atoms with E-state index in [0.717, 1.165) is 36.3 Å². The van der Waals surface area contributed by atoms with Crippen LogP contribution < -0.4 is 10.5 Å². The van der Waals surface area contributed by atoms with E-state index in [4.69, 9.17) is 15.2 Å². The van der Waals surface area contributed by atoms with E-state index in [0.29, 0.717) is 23.8 Å². The van der Waals surface area contributed by atoms with E-state index in [9.17, 15) is 5.26 Å². The number of nitrogens with two attached hydrogens (primary N) is 1. The van der Waals surface area contributed by atoms with Gasteiger partial charge in [0.15, 0.2) is 0 Å². The summed E-state index contributed by atoms with van der Waals surface area (Å²) in [6.45, 7) is 5.36.